The number of halogens is 1. The molecule has 0 aliphatic rings. The summed E-state index contributed by atoms with van der Waals surface area (Å²) in [5.41, 5.74) is 1.76. The second-order valence-corrected chi connectivity index (χ2v) is 5.91. The fraction of sp³-hybridized carbons (Fsp3) is 0.250. The molecule has 0 atom stereocenters. The standard InChI is InChI=1S/C16H15ClN4O3/c1-9-4-11(5-10(2)14(9)17)24-13(22)7-21-8-18-15-12(16(21)23)6-19-20(15)3/h4-6,8H,7H2,1-3H3. The van der Waals surface area contributed by atoms with E-state index in [9.17, 15) is 9.59 Å². The van der Waals surface area contributed by atoms with Crippen LogP contribution in [-0.4, -0.2) is 25.3 Å². The minimum absolute atomic E-state index is 0.239. The minimum Gasteiger partial charge on any atom is -0.425 e. The van der Waals surface area contributed by atoms with Gasteiger partial charge in [-0.25, -0.2) is 9.78 Å². The van der Waals surface area contributed by atoms with E-state index in [1.807, 2.05) is 13.8 Å². The average Bonchev–Trinajstić information content (AvgIpc) is 2.89. The molecule has 2 aromatic heterocycles. The monoisotopic (exact) mass is 346 g/mol. The third-order valence-corrected chi connectivity index (χ3v) is 4.26. The van der Waals surface area contributed by atoms with Gasteiger partial charge in [0.15, 0.2) is 5.65 Å². The first-order chi connectivity index (χ1) is 11.4. The molecule has 0 aliphatic carbocycles. The maximum absolute atomic E-state index is 12.3. The number of esters is 1. The molecule has 0 N–H and O–H groups in total. The van der Waals surface area contributed by atoms with Crippen molar-refractivity contribution in [3.05, 3.63) is 51.2 Å². The lowest BCUT2D eigenvalue weighted by molar-refractivity contribution is -0.135. The van der Waals surface area contributed by atoms with Crippen molar-refractivity contribution in [2.24, 2.45) is 7.05 Å². The molecule has 0 spiro atoms. The summed E-state index contributed by atoms with van der Waals surface area (Å²) in [4.78, 5) is 28.6. The van der Waals surface area contributed by atoms with E-state index >= 15 is 0 Å². The molecular formula is C16H15ClN4O3. The summed E-state index contributed by atoms with van der Waals surface area (Å²) in [5, 5.41) is 4.97. The maximum atomic E-state index is 12.3. The second-order valence-electron chi connectivity index (χ2n) is 5.53. The van der Waals surface area contributed by atoms with Gasteiger partial charge in [0.25, 0.3) is 5.56 Å². The molecule has 24 heavy (non-hydrogen) atoms. The molecule has 0 saturated heterocycles. The molecule has 2 heterocycles. The van der Waals surface area contributed by atoms with Crippen LogP contribution in [0.5, 0.6) is 5.75 Å². The van der Waals surface area contributed by atoms with Gasteiger partial charge >= 0.3 is 5.97 Å². The average molecular weight is 347 g/mol. The molecule has 1 aromatic carbocycles. The number of hydrogen-bond acceptors (Lipinski definition) is 5. The summed E-state index contributed by atoms with van der Waals surface area (Å²) in [6, 6.07) is 3.36. The van der Waals surface area contributed by atoms with Gasteiger partial charge in [-0.1, -0.05) is 11.6 Å². The summed E-state index contributed by atoms with van der Waals surface area (Å²) in [6.07, 6.45) is 2.74. The molecule has 3 aromatic rings. The third-order valence-electron chi connectivity index (χ3n) is 3.66. The number of nitrogens with zero attached hydrogens (tertiary/aromatic N) is 4. The van der Waals surface area contributed by atoms with Gasteiger partial charge in [-0.2, -0.15) is 5.10 Å². The molecule has 0 amide bonds. The lowest BCUT2D eigenvalue weighted by atomic mass is 10.1. The predicted molar refractivity (Wildman–Crippen MR) is 89.3 cm³/mol. The summed E-state index contributed by atoms with van der Waals surface area (Å²) in [6.45, 7) is 3.42. The summed E-state index contributed by atoms with van der Waals surface area (Å²) >= 11 is 6.09. The molecule has 0 bridgehead atoms. The van der Waals surface area contributed by atoms with E-state index in [2.05, 4.69) is 10.1 Å². The van der Waals surface area contributed by atoms with E-state index in [0.717, 1.165) is 11.1 Å². The van der Waals surface area contributed by atoms with Crippen molar-refractivity contribution < 1.29 is 9.53 Å². The van der Waals surface area contributed by atoms with Crippen LogP contribution in [0.25, 0.3) is 11.0 Å². The second kappa shape index (κ2) is 6.09. The van der Waals surface area contributed by atoms with Gasteiger partial charge in [0, 0.05) is 12.1 Å². The quantitative estimate of drug-likeness (QED) is 0.535. The van der Waals surface area contributed by atoms with Gasteiger partial charge in [0.1, 0.15) is 24.0 Å². The Kier molecular flexibility index (Phi) is 4.11. The van der Waals surface area contributed by atoms with Crippen LogP contribution in [0.3, 0.4) is 0 Å². The number of rotatable bonds is 3. The molecular weight excluding hydrogens is 332 g/mol. The van der Waals surface area contributed by atoms with Gasteiger partial charge < -0.3 is 4.74 Å². The Hall–Kier alpha value is -2.67. The van der Waals surface area contributed by atoms with Crippen LogP contribution in [0, 0.1) is 13.8 Å². The molecule has 0 saturated carbocycles. The molecule has 7 nitrogen and oxygen atoms in total. The molecule has 124 valence electrons. The SMILES string of the molecule is Cc1cc(OC(=O)Cn2cnc3c(cnn3C)c2=O)cc(C)c1Cl. The highest BCUT2D eigenvalue weighted by molar-refractivity contribution is 6.32. The van der Waals surface area contributed by atoms with Gasteiger partial charge in [-0.05, 0) is 37.1 Å². The van der Waals surface area contributed by atoms with E-state index < -0.39 is 5.97 Å². The molecule has 3 rings (SSSR count). The first kappa shape index (κ1) is 16.2. The van der Waals surface area contributed by atoms with Crippen LogP contribution in [0.15, 0.2) is 29.5 Å². The van der Waals surface area contributed by atoms with Crippen LogP contribution in [-0.2, 0) is 18.4 Å². The van der Waals surface area contributed by atoms with E-state index in [0.29, 0.717) is 21.8 Å². The first-order valence-corrected chi connectivity index (χ1v) is 7.59. The Morgan fingerprint density at radius 2 is 1.96 bits per heavy atom. The molecule has 0 unspecified atom stereocenters. The van der Waals surface area contributed by atoms with Crippen molar-refractivity contribution in [3.8, 4) is 5.75 Å². The van der Waals surface area contributed by atoms with Crippen LogP contribution >= 0.6 is 11.6 Å². The number of fused-ring (bicyclic) bond motifs is 1. The van der Waals surface area contributed by atoms with Gasteiger partial charge in [-0.15, -0.1) is 0 Å². The van der Waals surface area contributed by atoms with Gasteiger partial charge in [0.2, 0.25) is 0 Å². The van der Waals surface area contributed by atoms with Crippen molar-refractivity contribution in [3.63, 3.8) is 0 Å². The van der Waals surface area contributed by atoms with Crippen LogP contribution < -0.4 is 10.3 Å². The Balaban J connectivity index is 1.83. The lowest BCUT2D eigenvalue weighted by Crippen LogP contribution is -2.26. The Labute approximate surface area is 142 Å². The normalized spacial score (nSPS) is 11.0. The Morgan fingerprint density at radius 1 is 1.29 bits per heavy atom. The van der Waals surface area contributed by atoms with Crippen molar-refractivity contribution in [2.45, 2.75) is 20.4 Å². The highest BCUT2D eigenvalue weighted by atomic mass is 35.5. The molecule has 0 aliphatic heterocycles. The highest BCUT2D eigenvalue weighted by Crippen LogP contribution is 2.25. The number of carbonyl (C=O) groups excluding carboxylic acids is 1. The highest BCUT2D eigenvalue weighted by Gasteiger charge is 2.13. The van der Waals surface area contributed by atoms with E-state index in [1.54, 1.807) is 19.2 Å². The third kappa shape index (κ3) is 2.90. The lowest BCUT2D eigenvalue weighted by Gasteiger charge is -2.09. The zero-order valence-electron chi connectivity index (χ0n) is 13.4. The number of carbonyl (C=O) groups is 1. The smallest absolute Gasteiger partial charge is 0.331 e. The predicted octanol–water partition coefficient (Wildman–Crippen LogP) is 2.01. The number of ether oxygens (including phenoxy) is 1. The Bertz CT molecular complexity index is 983. The Morgan fingerprint density at radius 3 is 2.62 bits per heavy atom. The number of hydrogen-bond donors (Lipinski definition) is 0. The largest absolute Gasteiger partial charge is 0.425 e. The summed E-state index contributed by atoms with van der Waals surface area (Å²) in [7, 11) is 1.69. The van der Waals surface area contributed by atoms with Crippen molar-refractivity contribution in [2.75, 3.05) is 0 Å². The van der Waals surface area contributed by atoms with Crippen molar-refractivity contribution in [1.82, 2.24) is 19.3 Å². The van der Waals surface area contributed by atoms with Gasteiger partial charge in [-0.3, -0.25) is 14.0 Å². The van der Waals surface area contributed by atoms with Crippen LogP contribution in [0.4, 0.5) is 0 Å². The van der Waals surface area contributed by atoms with Crippen LogP contribution in [0.1, 0.15) is 11.1 Å². The molecule has 0 fully saturated rings. The van der Waals surface area contributed by atoms with E-state index in [-0.39, 0.29) is 12.1 Å². The van der Waals surface area contributed by atoms with Crippen LogP contribution in [0.2, 0.25) is 5.02 Å². The fourth-order valence-corrected chi connectivity index (χ4v) is 2.56. The summed E-state index contributed by atoms with van der Waals surface area (Å²) in [5.74, 6) is -0.175. The number of aromatic nitrogens is 4. The first-order valence-electron chi connectivity index (χ1n) is 7.21. The van der Waals surface area contributed by atoms with Crippen molar-refractivity contribution >= 4 is 28.6 Å². The van der Waals surface area contributed by atoms with E-state index in [1.165, 1.54) is 21.8 Å². The number of benzene rings is 1. The van der Waals surface area contributed by atoms with Gasteiger partial charge in [0.05, 0.1) is 6.20 Å². The topological polar surface area (TPSA) is 79.0 Å². The number of aryl methyl sites for hydroxylation is 3. The minimum atomic E-state index is -0.566. The maximum Gasteiger partial charge on any atom is 0.331 e. The zero-order chi connectivity index (χ0) is 17.4. The fourth-order valence-electron chi connectivity index (χ4n) is 2.45. The molecule has 8 heteroatoms. The van der Waals surface area contributed by atoms with Crippen molar-refractivity contribution in [1.29, 1.82) is 0 Å². The van der Waals surface area contributed by atoms with E-state index in [4.69, 9.17) is 16.3 Å². The zero-order valence-corrected chi connectivity index (χ0v) is 14.2. The summed E-state index contributed by atoms with van der Waals surface area (Å²) < 4.78 is 8.00. The molecule has 0 radical (unpaired) electrons.